The van der Waals surface area contributed by atoms with E-state index in [1.807, 2.05) is 0 Å². The molecule has 0 spiro atoms. The lowest BCUT2D eigenvalue weighted by atomic mass is 10.2. The maximum Gasteiger partial charge on any atom is 0.251 e. The maximum atomic E-state index is 11.5. The molecule has 1 rings (SSSR count). The Balaban J connectivity index is 2.64. The molecule has 0 radical (unpaired) electrons. The number of hydrogen-bond acceptors (Lipinski definition) is 4. The van der Waals surface area contributed by atoms with Crippen LogP contribution in [0.5, 0.6) is 0 Å². The highest BCUT2D eigenvalue weighted by molar-refractivity contribution is 7.80. The lowest BCUT2D eigenvalue weighted by molar-refractivity contribution is 0.0879. The first-order valence-corrected chi connectivity index (χ1v) is 4.93. The normalized spacial score (nSPS) is 10.4. The average Bonchev–Trinajstić information content (AvgIpc) is 2.26. The summed E-state index contributed by atoms with van der Waals surface area (Å²) in [5.74, 6) is -0.323. The van der Waals surface area contributed by atoms with Crippen molar-refractivity contribution in [3.05, 3.63) is 29.8 Å². The molecule has 0 heterocycles. The van der Waals surface area contributed by atoms with E-state index >= 15 is 0 Å². The van der Waals surface area contributed by atoms with Crippen molar-refractivity contribution >= 4 is 18.5 Å². The molecule has 82 valence electrons. The minimum absolute atomic E-state index is 0.285. The molecule has 1 aromatic carbocycles. The van der Waals surface area contributed by atoms with E-state index < -0.39 is 6.04 Å². The van der Waals surface area contributed by atoms with Gasteiger partial charge < -0.3 is 15.5 Å². The molecule has 0 fully saturated rings. The number of benzene rings is 1. The fourth-order valence-electron chi connectivity index (χ4n) is 1.03. The summed E-state index contributed by atoms with van der Waals surface area (Å²) in [5, 5.41) is 20.0. The van der Waals surface area contributed by atoms with Crippen molar-refractivity contribution in [1.29, 1.82) is 0 Å². The molecular weight excluding hydrogens is 214 g/mol. The second-order valence-electron chi connectivity index (χ2n) is 3.08. The first kappa shape index (κ1) is 12.0. The SMILES string of the molecule is O=C(NC(CO)CO)c1ccc(S)cc1. The third-order valence-corrected chi connectivity index (χ3v) is 2.20. The molecule has 0 saturated carbocycles. The molecule has 0 aliphatic heterocycles. The molecule has 0 saturated heterocycles. The standard InChI is InChI=1S/C10H13NO3S/c12-5-8(6-13)11-10(14)7-1-3-9(15)4-2-7/h1-4,8,12-13,15H,5-6H2,(H,11,14). The topological polar surface area (TPSA) is 69.6 Å². The highest BCUT2D eigenvalue weighted by Gasteiger charge is 2.11. The second kappa shape index (κ2) is 5.75. The van der Waals surface area contributed by atoms with Crippen LogP contribution in [0.2, 0.25) is 0 Å². The van der Waals surface area contributed by atoms with E-state index in [1.54, 1.807) is 24.3 Å². The van der Waals surface area contributed by atoms with Crippen LogP contribution >= 0.6 is 12.6 Å². The average molecular weight is 227 g/mol. The van der Waals surface area contributed by atoms with Gasteiger partial charge in [0.15, 0.2) is 0 Å². The minimum Gasteiger partial charge on any atom is -0.394 e. The van der Waals surface area contributed by atoms with Crippen LogP contribution in [-0.4, -0.2) is 35.4 Å². The summed E-state index contributed by atoms with van der Waals surface area (Å²) in [5.41, 5.74) is 0.472. The van der Waals surface area contributed by atoms with Gasteiger partial charge in [-0.15, -0.1) is 12.6 Å². The summed E-state index contributed by atoms with van der Waals surface area (Å²) >= 11 is 4.10. The van der Waals surface area contributed by atoms with Crippen LogP contribution in [-0.2, 0) is 0 Å². The minimum atomic E-state index is -0.617. The smallest absolute Gasteiger partial charge is 0.251 e. The highest BCUT2D eigenvalue weighted by atomic mass is 32.1. The van der Waals surface area contributed by atoms with Gasteiger partial charge in [0.2, 0.25) is 0 Å². The molecule has 0 atom stereocenters. The van der Waals surface area contributed by atoms with Gasteiger partial charge >= 0.3 is 0 Å². The monoisotopic (exact) mass is 227 g/mol. The molecule has 0 aromatic heterocycles. The summed E-state index contributed by atoms with van der Waals surface area (Å²) in [6.07, 6.45) is 0. The second-order valence-corrected chi connectivity index (χ2v) is 3.60. The van der Waals surface area contributed by atoms with Gasteiger partial charge in [-0.3, -0.25) is 4.79 Å². The zero-order valence-electron chi connectivity index (χ0n) is 8.05. The number of carbonyl (C=O) groups excluding carboxylic acids is 1. The molecule has 15 heavy (non-hydrogen) atoms. The van der Waals surface area contributed by atoms with Crippen molar-refractivity contribution in [2.24, 2.45) is 0 Å². The van der Waals surface area contributed by atoms with Gasteiger partial charge in [-0.25, -0.2) is 0 Å². The van der Waals surface area contributed by atoms with Crippen LogP contribution in [0.1, 0.15) is 10.4 Å². The predicted molar refractivity (Wildman–Crippen MR) is 59.1 cm³/mol. The molecule has 1 amide bonds. The lowest BCUT2D eigenvalue weighted by Crippen LogP contribution is -2.40. The Labute approximate surface area is 93.3 Å². The van der Waals surface area contributed by atoms with E-state index in [9.17, 15) is 4.79 Å². The summed E-state index contributed by atoms with van der Waals surface area (Å²) < 4.78 is 0. The number of hydrogen-bond donors (Lipinski definition) is 4. The summed E-state index contributed by atoms with van der Waals surface area (Å²) in [7, 11) is 0. The van der Waals surface area contributed by atoms with Crippen LogP contribution in [0.4, 0.5) is 0 Å². The van der Waals surface area contributed by atoms with E-state index in [-0.39, 0.29) is 19.1 Å². The van der Waals surface area contributed by atoms with Gasteiger partial charge in [0.05, 0.1) is 19.3 Å². The fourth-order valence-corrected chi connectivity index (χ4v) is 1.18. The molecule has 3 N–H and O–H groups in total. The number of thiol groups is 1. The largest absolute Gasteiger partial charge is 0.394 e. The lowest BCUT2D eigenvalue weighted by Gasteiger charge is -2.13. The van der Waals surface area contributed by atoms with Crippen molar-refractivity contribution in [3.8, 4) is 0 Å². The van der Waals surface area contributed by atoms with E-state index in [0.29, 0.717) is 5.56 Å². The highest BCUT2D eigenvalue weighted by Crippen LogP contribution is 2.07. The van der Waals surface area contributed by atoms with Crippen LogP contribution in [0.25, 0.3) is 0 Å². The van der Waals surface area contributed by atoms with Gasteiger partial charge in [0.25, 0.3) is 5.91 Å². The predicted octanol–water partition coefficient (Wildman–Crippen LogP) is 0.0583. The first-order chi connectivity index (χ1) is 7.17. The van der Waals surface area contributed by atoms with E-state index in [4.69, 9.17) is 10.2 Å². The fraction of sp³-hybridized carbons (Fsp3) is 0.300. The number of amides is 1. The van der Waals surface area contributed by atoms with Gasteiger partial charge in [-0.1, -0.05) is 0 Å². The van der Waals surface area contributed by atoms with Crippen LogP contribution in [0.3, 0.4) is 0 Å². The van der Waals surface area contributed by atoms with Crippen LogP contribution in [0, 0.1) is 0 Å². The maximum absolute atomic E-state index is 11.5. The molecule has 0 aliphatic carbocycles. The molecular formula is C10H13NO3S. The molecule has 5 heteroatoms. The molecule has 0 aliphatic rings. The molecule has 0 bridgehead atoms. The zero-order chi connectivity index (χ0) is 11.3. The summed E-state index contributed by atoms with van der Waals surface area (Å²) in [4.78, 5) is 12.3. The zero-order valence-corrected chi connectivity index (χ0v) is 8.95. The Kier molecular flexibility index (Phi) is 4.61. The van der Waals surface area contributed by atoms with Gasteiger partial charge in [0, 0.05) is 10.5 Å². The Morgan fingerprint density at radius 2 is 1.80 bits per heavy atom. The van der Waals surface area contributed by atoms with Crippen LogP contribution < -0.4 is 5.32 Å². The van der Waals surface area contributed by atoms with Gasteiger partial charge in [-0.05, 0) is 24.3 Å². The molecule has 1 aromatic rings. The van der Waals surface area contributed by atoms with Crippen molar-refractivity contribution < 1.29 is 15.0 Å². The Morgan fingerprint density at radius 1 is 1.27 bits per heavy atom. The third-order valence-electron chi connectivity index (χ3n) is 1.91. The van der Waals surface area contributed by atoms with E-state index in [1.165, 1.54) is 0 Å². The van der Waals surface area contributed by atoms with Crippen molar-refractivity contribution in [1.82, 2.24) is 5.32 Å². The van der Waals surface area contributed by atoms with Crippen LogP contribution in [0.15, 0.2) is 29.2 Å². The Morgan fingerprint density at radius 3 is 2.27 bits per heavy atom. The molecule has 0 unspecified atom stereocenters. The van der Waals surface area contributed by atoms with E-state index in [0.717, 1.165) is 4.90 Å². The van der Waals surface area contributed by atoms with E-state index in [2.05, 4.69) is 17.9 Å². The number of rotatable bonds is 4. The van der Waals surface area contributed by atoms with Crippen molar-refractivity contribution in [2.45, 2.75) is 10.9 Å². The number of nitrogens with one attached hydrogen (secondary N) is 1. The number of aliphatic hydroxyl groups excluding tert-OH is 2. The quantitative estimate of drug-likeness (QED) is 0.550. The van der Waals surface area contributed by atoms with Crippen molar-refractivity contribution in [3.63, 3.8) is 0 Å². The summed E-state index contributed by atoms with van der Waals surface area (Å²) in [6, 6.07) is 6.04. The van der Waals surface area contributed by atoms with Gasteiger partial charge in [-0.2, -0.15) is 0 Å². The Bertz CT molecular complexity index is 322. The number of aliphatic hydroxyl groups is 2. The van der Waals surface area contributed by atoms with Crippen molar-refractivity contribution in [2.75, 3.05) is 13.2 Å². The summed E-state index contributed by atoms with van der Waals surface area (Å²) in [6.45, 7) is -0.570. The number of carbonyl (C=O) groups is 1. The Hall–Kier alpha value is -1.04. The molecule has 4 nitrogen and oxygen atoms in total. The first-order valence-electron chi connectivity index (χ1n) is 4.49. The third kappa shape index (κ3) is 3.54. The van der Waals surface area contributed by atoms with Gasteiger partial charge in [0.1, 0.15) is 0 Å².